The topological polar surface area (TPSA) is 82.9 Å². The van der Waals surface area contributed by atoms with Crippen LogP contribution in [0.15, 0.2) is 35.1 Å². The van der Waals surface area contributed by atoms with Crippen molar-refractivity contribution in [3.63, 3.8) is 0 Å². The number of aromatic amines is 1. The first-order valence-corrected chi connectivity index (χ1v) is 7.29. The van der Waals surface area contributed by atoms with Crippen molar-refractivity contribution in [2.24, 2.45) is 0 Å². The number of nitrogens with zero attached hydrogens (tertiary/aromatic N) is 2. The van der Waals surface area contributed by atoms with Crippen molar-refractivity contribution in [2.45, 2.75) is 13.5 Å². The van der Waals surface area contributed by atoms with Crippen molar-refractivity contribution >= 4 is 11.0 Å². The zero-order chi connectivity index (χ0) is 16.4. The first-order valence-electron chi connectivity index (χ1n) is 7.29. The zero-order valence-electron chi connectivity index (χ0n) is 12.6. The van der Waals surface area contributed by atoms with Crippen molar-refractivity contribution in [2.75, 3.05) is 13.2 Å². The van der Waals surface area contributed by atoms with E-state index < -0.39 is 0 Å². The molecular weight excluding hydrogens is 299 g/mol. The molecule has 0 aliphatic carbocycles. The van der Waals surface area contributed by atoms with Gasteiger partial charge in [-0.1, -0.05) is 0 Å². The van der Waals surface area contributed by atoms with Crippen molar-refractivity contribution in [3.05, 3.63) is 57.8 Å². The van der Waals surface area contributed by atoms with Crippen molar-refractivity contribution in [1.29, 1.82) is 0 Å². The summed E-state index contributed by atoms with van der Waals surface area (Å²) in [6.07, 6.45) is 0. The van der Waals surface area contributed by atoms with Crippen LogP contribution in [0.5, 0.6) is 0 Å². The minimum Gasteiger partial charge on any atom is -0.395 e. The number of hydrogen-bond donors (Lipinski definition) is 3. The van der Waals surface area contributed by atoms with E-state index in [1.54, 1.807) is 22.9 Å². The second kappa shape index (κ2) is 6.31. The highest BCUT2D eigenvalue weighted by molar-refractivity contribution is 5.80. The Morgan fingerprint density at radius 3 is 2.78 bits per heavy atom. The molecule has 0 amide bonds. The van der Waals surface area contributed by atoms with E-state index in [0.29, 0.717) is 30.0 Å². The monoisotopic (exact) mass is 316 g/mol. The Kier molecular flexibility index (Phi) is 4.22. The molecule has 3 N–H and O–H groups in total. The summed E-state index contributed by atoms with van der Waals surface area (Å²) in [5.41, 5.74) is 2.37. The molecule has 23 heavy (non-hydrogen) atoms. The van der Waals surface area contributed by atoms with E-state index in [1.807, 2.05) is 6.92 Å². The molecule has 1 aromatic carbocycles. The van der Waals surface area contributed by atoms with Gasteiger partial charge in [0, 0.05) is 24.0 Å². The van der Waals surface area contributed by atoms with Crippen LogP contribution in [0.1, 0.15) is 11.3 Å². The number of benzene rings is 1. The maximum atomic E-state index is 13.1. The second-order valence-electron chi connectivity index (χ2n) is 5.26. The van der Waals surface area contributed by atoms with Crippen LogP contribution in [-0.2, 0) is 6.54 Å². The van der Waals surface area contributed by atoms with Gasteiger partial charge in [0.05, 0.1) is 18.0 Å². The molecule has 0 unspecified atom stereocenters. The minimum absolute atomic E-state index is 0.0156. The van der Waals surface area contributed by atoms with Gasteiger partial charge in [0.2, 0.25) is 0 Å². The lowest BCUT2D eigenvalue weighted by Crippen LogP contribution is -2.23. The third-order valence-corrected chi connectivity index (χ3v) is 3.62. The Hall–Kier alpha value is -2.51. The summed E-state index contributed by atoms with van der Waals surface area (Å²) in [4.78, 5) is 15.1. The third kappa shape index (κ3) is 3.01. The molecule has 0 atom stereocenters. The van der Waals surface area contributed by atoms with E-state index in [9.17, 15) is 9.18 Å². The van der Waals surface area contributed by atoms with Crippen LogP contribution >= 0.6 is 0 Å². The van der Waals surface area contributed by atoms with E-state index >= 15 is 0 Å². The van der Waals surface area contributed by atoms with Gasteiger partial charge in [-0.25, -0.2) is 9.07 Å². The largest absolute Gasteiger partial charge is 0.395 e. The van der Waals surface area contributed by atoms with E-state index in [2.05, 4.69) is 15.4 Å². The standard InChI is InChI=1S/C16H17FN4O2/c1-10-14-8-11(9-18-6-7-22)16(23)19-15(14)21(20-10)13-4-2-12(17)3-5-13/h2-5,8,18,22H,6-7,9H2,1H3,(H,19,23). The van der Waals surface area contributed by atoms with Crippen LogP contribution in [0.3, 0.4) is 0 Å². The first kappa shape index (κ1) is 15.4. The van der Waals surface area contributed by atoms with Crippen LogP contribution in [0.4, 0.5) is 4.39 Å². The number of aromatic nitrogens is 3. The summed E-state index contributed by atoms with van der Waals surface area (Å²) < 4.78 is 14.7. The van der Waals surface area contributed by atoms with Crippen LogP contribution in [0.2, 0.25) is 0 Å². The number of aliphatic hydroxyl groups excluding tert-OH is 1. The molecule has 3 rings (SSSR count). The average molecular weight is 316 g/mol. The molecule has 2 aromatic heterocycles. The van der Waals surface area contributed by atoms with Gasteiger partial charge in [-0.15, -0.1) is 0 Å². The molecule has 0 saturated carbocycles. The number of aryl methyl sites for hydroxylation is 1. The fraction of sp³-hybridized carbons (Fsp3) is 0.250. The van der Waals surface area contributed by atoms with Gasteiger partial charge in [-0.05, 0) is 37.3 Å². The number of H-pyrrole nitrogens is 1. The number of hydrogen-bond acceptors (Lipinski definition) is 4. The molecule has 0 saturated heterocycles. The Labute approximate surface area is 131 Å². The fourth-order valence-corrected chi connectivity index (χ4v) is 2.46. The maximum Gasteiger partial charge on any atom is 0.254 e. The Balaban J connectivity index is 2.07. The smallest absolute Gasteiger partial charge is 0.254 e. The highest BCUT2D eigenvalue weighted by Gasteiger charge is 2.12. The summed E-state index contributed by atoms with van der Waals surface area (Å²) in [6.45, 7) is 2.66. The van der Waals surface area contributed by atoms with Gasteiger partial charge in [0.15, 0.2) is 0 Å². The maximum absolute atomic E-state index is 13.1. The number of halogens is 1. The van der Waals surface area contributed by atoms with Gasteiger partial charge in [-0.3, -0.25) is 4.79 Å². The number of fused-ring (bicyclic) bond motifs is 1. The van der Waals surface area contributed by atoms with Crippen LogP contribution in [0.25, 0.3) is 16.7 Å². The average Bonchev–Trinajstić information content (AvgIpc) is 2.85. The molecule has 0 radical (unpaired) electrons. The molecule has 0 spiro atoms. The summed E-state index contributed by atoms with van der Waals surface area (Å²) in [5.74, 6) is -0.326. The van der Waals surface area contributed by atoms with E-state index in [0.717, 1.165) is 11.1 Å². The molecule has 6 nitrogen and oxygen atoms in total. The normalized spacial score (nSPS) is 11.3. The number of aliphatic hydroxyl groups is 1. The predicted molar refractivity (Wildman–Crippen MR) is 85.2 cm³/mol. The summed E-state index contributed by atoms with van der Waals surface area (Å²) in [5, 5.41) is 17.0. The van der Waals surface area contributed by atoms with Crippen molar-refractivity contribution in [1.82, 2.24) is 20.1 Å². The van der Waals surface area contributed by atoms with Crippen molar-refractivity contribution < 1.29 is 9.50 Å². The third-order valence-electron chi connectivity index (χ3n) is 3.62. The molecule has 2 heterocycles. The van der Waals surface area contributed by atoms with Crippen LogP contribution in [0, 0.1) is 12.7 Å². The molecule has 120 valence electrons. The first-order chi connectivity index (χ1) is 11.1. The van der Waals surface area contributed by atoms with Crippen LogP contribution < -0.4 is 10.9 Å². The quantitative estimate of drug-likeness (QED) is 0.619. The number of rotatable bonds is 5. The van der Waals surface area contributed by atoms with Crippen molar-refractivity contribution in [3.8, 4) is 5.69 Å². The Morgan fingerprint density at radius 2 is 2.09 bits per heavy atom. The molecular formula is C16H17FN4O2. The fourth-order valence-electron chi connectivity index (χ4n) is 2.46. The molecule has 7 heteroatoms. The molecule has 0 fully saturated rings. The van der Waals surface area contributed by atoms with E-state index in [4.69, 9.17) is 5.11 Å². The van der Waals surface area contributed by atoms with Gasteiger partial charge in [0.1, 0.15) is 11.5 Å². The van der Waals surface area contributed by atoms with Gasteiger partial charge >= 0.3 is 0 Å². The lowest BCUT2D eigenvalue weighted by molar-refractivity contribution is 0.292. The summed E-state index contributed by atoms with van der Waals surface area (Å²) in [7, 11) is 0. The SMILES string of the molecule is Cc1nn(-c2ccc(F)cc2)c2[nH]c(=O)c(CNCCO)cc12. The molecule has 3 aromatic rings. The summed E-state index contributed by atoms with van der Waals surface area (Å²) in [6, 6.07) is 7.71. The molecule has 0 aliphatic heterocycles. The van der Waals surface area contributed by atoms with Gasteiger partial charge in [-0.2, -0.15) is 5.10 Å². The Bertz CT molecular complexity index is 883. The highest BCUT2D eigenvalue weighted by Crippen LogP contribution is 2.20. The lowest BCUT2D eigenvalue weighted by Gasteiger charge is -2.05. The highest BCUT2D eigenvalue weighted by atomic mass is 19.1. The second-order valence-corrected chi connectivity index (χ2v) is 5.26. The van der Waals surface area contributed by atoms with Gasteiger partial charge < -0.3 is 15.4 Å². The number of nitrogens with one attached hydrogen (secondary N) is 2. The zero-order valence-corrected chi connectivity index (χ0v) is 12.6. The van der Waals surface area contributed by atoms with E-state index in [1.165, 1.54) is 12.1 Å². The minimum atomic E-state index is -0.326. The lowest BCUT2D eigenvalue weighted by atomic mass is 10.2. The molecule has 0 aliphatic rings. The Morgan fingerprint density at radius 1 is 1.35 bits per heavy atom. The van der Waals surface area contributed by atoms with Crippen LogP contribution in [-0.4, -0.2) is 33.0 Å². The molecule has 0 bridgehead atoms. The summed E-state index contributed by atoms with van der Waals surface area (Å²) >= 11 is 0. The predicted octanol–water partition coefficient (Wildman–Crippen LogP) is 1.24. The number of pyridine rings is 1. The van der Waals surface area contributed by atoms with E-state index in [-0.39, 0.29) is 18.0 Å². The van der Waals surface area contributed by atoms with Gasteiger partial charge in [0.25, 0.3) is 5.56 Å².